The molecule has 0 aliphatic rings. The normalized spacial score (nSPS) is 14.4. The first-order valence-electron chi connectivity index (χ1n) is 7.25. The Hall–Kier alpha value is -0.370. The number of halogens is 1. The van der Waals surface area contributed by atoms with E-state index in [4.69, 9.17) is 0 Å². The van der Waals surface area contributed by atoms with E-state index in [1.54, 1.807) is 0 Å². The van der Waals surface area contributed by atoms with Crippen LogP contribution in [0.25, 0.3) is 0 Å². The molecule has 0 spiro atoms. The third-order valence-electron chi connectivity index (χ3n) is 3.72. The van der Waals surface area contributed by atoms with Crippen molar-refractivity contribution in [2.75, 3.05) is 0 Å². The second-order valence-corrected chi connectivity index (χ2v) is 6.28. The van der Waals surface area contributed by atoms with Crippen LogP contribution >= 0.6 is 15.9 Å². The van der Waals surface area contributed by atoms with Gasteiger partial charge in [-0.1, -0.05) is 58.9 Å². The lowest BCUT2D eigenvalue weighted by Crippen LogP contribution is -2.23. The molecule has 102 valence electrons. The molecule has 0 aliphatic carbocycles. The predicted molar refractivity (Wildman–Crippen MR) is 83.0 cm³/mol. The van der Waals surface area contributed by atoms with Gasteiger partial charge in [-0.15, -0.1) is 0 Å². The third-order valence-corrected chi connectivity index (χ3v) is 4.16. The van der Waals surface area contributed by atoms with Crippen molar-refractivity contribution in [1.82, 2.24) is 4.98 Å². The molecule has 0 aromatic carbocycles. The van der Waals surface area contributed by atoms with Crippen molar-refractivity contribution < 1.29 is 0 Å². The van der Waals surface area contributed by atoms with Crippen molar-refractivity contribution in [1.29, 1.82) is 0 Å². The number of hydrogen-bond acceptors (Lipinski definition) is 1. The molecular weight excluding hydrogens is 286 g/mol. The Morgan fingerprint density at radius 3 is 2.44 bits per heavy atom. The first kappa shape index (κ1) is 15.7. The van der Waals surface area contributed by atoms with E-state index in [1.807, 2.05) is 6.07 Å². The van der Waals surface area contributed by atoms with Crippen molar-refractivity contribution in [3.05, 3.63) is 28.5 Å². The van der Waals surface area contributed by atoms with Crippen LogP contribution in [-0.4, -0.2) is 4.98 Å². The van der Waals surface area contributed by atoms with Gasteiger partial charge in [-0.25, -0.2) is 4.98 Å². The van der Waals surface area contributed by atoms with E-state index in [0.717, 1.165) is 4.60 Å². The van der Waals surface area contributed by atoms with E-state index < -0.39 is 0 Å². The molecule has 0 N–H and O–H groups in total. The Kier molecular flexibility index (Phi) is 6.91. The first-order valence-corrected chi connectivity index (χ1v) is 8.04. The summed E-state index contributed by atoms with van der Waals surface area (Å²) >= 11 is 3.49. The van der Waals surface area contributed by atoms with Gasteiger partial charge in [-0.2, -0.15) is 0 Å². The van der Waals surface area contributed by atoms with Crippen LogP contribution in [0.5, 0.6) is 0 Å². The van der Waals surface area contributed by atoms with Gasteiger partial charge < -0.3 is 0 Å². The Bertz CT molecular complexity index is 351. The number of unbranched alkanes of at least 4 members (excludes halogenated alkanes) is 3. The highest BCUT2D eigenvalue weighted by Gasteiger charge is 2.26. The summed E-state index contributed by atoms with van der Waals surface area (Å²) in [7, 11) is 0. The Balaban J connectivity index is 2.72. The molecule has 0 radical (unpaired) electrons. The number of nitrogens with zero attached hydrogens (tertiary/aromatic N) is 1. The zero-order valence-corrected chi connectivity index (χ0v) is 13.6. The van der Waals surface area contributed by atoms with Crippen LogP contribution in [-0.2, 0) is 5.41 Å². The second kappa shape index (κ2) is 7.93. The van der Waals surface area contributed by atoms with E-state index in [-0.39, 0.29) is 5.41 Å². The molecule has 1 heterocycles. The zero-order chi connectivity index (χ0) is 13.4. The minimum atomic E-state index is 0.242. The van der Waals surface area contributed by atoms with Gasteiger partial charge in [-0.05, 0) is 40.9 Å². The minimum absolute atomic E-state index is 0.242. The smallest absolute Gasteiger partial charge is 0.106 e. The van der Waals surface area contributed by atoms with Crippen LogP contribution < -0.4 is 0 Å². The summed E-state index contributed by atoms with van der Waals surface area (Å²) in [5, 5.41) is 0. The molecule has 0 bridgehead atoms. The summed E-state index contributed by atoms with van der Waals surface area (Å²) in [5.41, 5.74) is 1.49. The van der Waals surface area contributed by atoms with E-state index >= 15 is 0 Å². The Morgan fingerprint density at radius 1 is 1.06 bits per heavy atom. The molecule has 1 aromatic heterocycles. The van der Waals surface area contributed by atoms with Gasteiger partial charge in [0, 0.05) is 11.1 Å². The molecular formula is C16H26BrN. The molecule has 0 aliphatic heterocycles. The summed E-state index contributed by atoms with van der Waals surface area (Å²) in [5.74, 6) is 0. The quantitative estimate of drug-likeness (QED) is 0.432. The molecule has 1 nitrogen and oxygen atoms in total. The van der Waals surface area contributed by atoms with E-state index in [2.05, 4.69) is 53.8 Å². The maximum Gasteiger partial charge on any atom is 0.106 e. The molecule has 2 heteroatoms. The maximum absolute atomic E-state index is 4.68. The maximum atomic E-state index is 4.68. The Morgan fingerprint density at radius 2 is 1.83 bits per heavy atom. The van der Waals surface area contributed by atoms with Crippen LogP contribution in [0.2, 0.25) is 0 Å². The Labute approximate surface area is 121 Å². The van der Waals surface area contributed by atoms with Crippen LogP contribution in [0.3, 0.4) is 0 Å². The highest BCUT2D eigenvalue weighted by molar-refractivity contribution is 9.10. The van der Waals surface area contributed by atoms with Crippen LogP contribution in [0.4, 0.5) is 0 Å². The fourth-order valence-electron chi connectivity index (χ4n) is 2.62. The van der Waals surface area contributed by atoms with Crippen LogP contribution in [0.1, 0.15) is 71.4 Å². The lowest BCUT2D eigenvalue weighted by atomic mass is 9.77. The molecule has 0 saturated heterocycles. The summed E-state index contributed by atoms with van der Waals surface area (Å²) < 4.78 is 0.955. The van der Waals surface area contributed by atoms with E-state index in [0.29, 0.717) is 0 Å². The first-order chi connectivity index (χ1) is 8.62. The summed E-state index contributed by atoms with van der Waals surface area (Å²) in [4.78, 5) is 4.68. The predicted octanol–water partition coefficient (Wildman–Crippen LogP) is 5.87. The molecule has 1 aromatic rings. The van der Waals surface area contributed by atoms with Gasteiger partial charge in [0.1, 0.15) is 4.60 Å². The zero-order valence-electron chi connectivity index (χ0n) is 12.0. The number of rotatable bonds is 8. The minimum Gasteiger partial charge on any atom is -0.245 e. The molecule has 0 fully saturated rings. The standard InChI is InChI=1S/C16H26BrN/c1-4-6-7-8-13-16(3,12-5-2)14-10-9-11-15(17)18-14/h9-11H,4-8,12-13H2,1-3H3. The third kappa shape index (κ3) is 4.72. The van der Waals surface area contributed by atoms with Crippen LogP contribution in [0, 0.1) is 0 Å². The van der Waals surface area contributed by atoms with E-state index in [9.17, 15) is 0 Å². The van der Waals surface area contributed by atoms with Gasteiger partial charge in [0.2, 0.25) is 0 Å². The number of hydrogen-bond donors (Lipinski definition) is 0. The molecule has 0 saturated carbocycles. The summed E-state index contributed by atoms with van der Waals surface area (Å²) in [6, 6.07) is 6.29. The molecule has 0 amide bonds. The van der Waals surface area contributed by atoms with Crippen molar-refractivity contribution in [2.45, 2.75) is 71.1 Å². The largest absolute Gasteiger partial charge is 0.245 e. The van der Waals surface area contributed by atoms with Gasteiger partial charge in [0.05, 0.1) is 0 Å². The van der Waals surface area contributed by atoms with Gasteiger partial charge in [0.25, 0.3) is 0 Å². The molecule has 18 heavy (non-hydrogen) atoms. The van der Waals surface area contributed by atoms with Gasteiger partial charge in [0.15, 0.2) is 0 Å². The van der Waals surface area contributed by atoms with Gasteiger partial charge in [-0.3, -0.25) is 0 Å². The molecule has 1 rings (SSSR count). The summed E-state index contributed by atoms with van der Waals surface area (Å²) in [6.07, 6.45) is 9.03. The fourth-order valence-corrected chi connectivity index (χ4v) is 2.96. The fraction of sp³-hybridized carbons (Fsp3) is 0.688. The average molecular weight is 312 g/mol. The van der Waals surface area contributed by atoms with E-state index in [1.165, 1.54) is 50.6 Å². The van der Waals surface area contributed by atoms with Crippen molar-refractivity contribution in [3.8, 4) is 0 Å². The number of aromatic nitrogens is 1. The van der Waals surface area contributed by atoms with Crippen LogP contribution in [0.15, 0.2) is 22.8 Å². The van der Waals surface area contributed by atoms with Gasteiger partial charge >= 0.3 is 0 Å². The molecule has 1 unspecified atom stereocenters. The summed E-state index contributed by atoms with van der Waals surface area (Å²) in [6.45, 7) is 6.90. The molecule has 1 atom stereocenters. The number of pyridine rings is 1. The highest BCUT2D eigenvalue weighted by Crippen LogP contribution is 2.34. The highest BCUT2D eigenvalue weighted by atomic mass is 79.9. The monoisotopic (exact) mass is 311 g/mol. The van der Waals surface area contributed by atoms with Crippen molar-refractivity contribution in [3.63, 3.8) is 0 Å². The van der Waals surface area contributed by atoms with Crippen molar-refractivity contribution in [2.24, 2.45) is 0 Å². The topological polar surface area (TPSA) is 12.9 Å². The lowest BCUT2D eigenvalue weighted by molar-refractivity contribution is 0.367. The lowest BCUT2D eigenvalue weighted by Gasteiger charge is -2.29. The SMILES string of the molecule is CCCCCCC(C)(CCC)c1cccc(Br)n1. The van der Waals surface area contributed by atoms with Crippen molar-refractivity contribution >= 4 is 15.9 Å². The average Bonchev–Trinajstić information content (AvgIpc) is 2.35. The second-order valence-electron chi connectivity index (χ2n) is 5.47.